The Morgan fingerprint density at radius 1 is 1.39 bits per heavy atom. The molecule has 7 heteroatoms. The van der Waals surface area contributed by atoms with E-state index < -0.39 is 0 Å². The molecule has 0 radical (unpaired) electrons. The highest BCUT2D eigenvalue weighted by molar-refractivity contribution is 5.63. The van der Waals surface area contributed by atoms with E-state index in [1.807, 2.05) is 16.8 Å². The van der Waals surface area contributed by atoms with E-state index in [9.17, 15) is 0 Å². The Morgan fingerprint density at radius 3 is 3.09 bits per heavy atom. The van der Waals surface area contributed by atoms with Gasteiger partial charge in [0.2, 0.25) is 5.65 Å². The number of hydrogen-bond donors (Lipinski definition) is 1. The molecule has 4 rings (SSSR count). The largest absolute Gasteiger partial charge is 0.348 e. The van der Waals surface area contributed by atoms with Gasteiger partial charge in [0.15, 0.2) is 5.82 Å². The van der Waals surface area contributed by atoms with E-state index in [1.54, 1.807) is 6.33 Å². The molecule has 0 aromatic carbocycles. The van der Waals surface area contributed by atoms with Crippen LogP contribution in [-0.4, -0.2) is 69.8 Å². The van der Waals surface area contributed by atoms with Crippen molar-refractivity contribution in [2.24, 2.45) is 5.41 Å². The van der Waals surface area contributed by atoms with Gasteiger partial charge in [0, 0.05) is 51.2 Å². The maximum atomic E-state index is 4.57. The van der Waals surface area contributed by atoms with E-state index in [1.165, 1.54) is 13.0 Å². The van der Waals surface area contributed by atoms with Gasteiger partial charge in [-0.3, -0.25) is 9.30 Å². The molecule has 1 N–H and O–H groups in total. The Bertz CT molecular complexity index is 676. The predicted octanol–water partition coefficient (Wildman–Crippen LogP) is 0.634. The molecule has 4 heterocycles. The highest BCUT2D eigenvalue weighted by atomic mass is 15.3. The first kappa shape index (κ1) is 14.8. The molecular formula is C16H25N7. The molecule has 2 unspecified atom stereocenters. The Labute approximate surface area is 136 Å². The van der Waals surface area contributed by atoms with Crippen LogP contribution in [0.2, 0.25) is 0 Å². The molecule has 2 aliphatic rings. The zero-order chi connectivity index (χ0) is 15.9. The van der Waals surface area contributed by atoms with Gasteiger partial charge in [-0.1, -0.05) is 6.92 Å². The van der Waals surface area contributed by atoms with Gasteiger partial charge in [-0.15, -0.1) is 10.2 Å². The lowest BCUT2D eigenvalue weighted by atomic mass is 9.89. The second-order valence-corrected chi connectivity index (χ2v) is 7.33. The van der Waals surface area contributed by atoms with Crippen molar-refractivity contribution in [2.75, 3.05) is 44.2 Å². The molecule has 0 amide bonds. The van der Waals surface area contributed by atoms with Gasteiger partial charge in [-0.25, -0.2) is 4.98 Å². The molecule has 124 valence electrons. The summed E-state index contributed by atoms with van der Waals surface area (Å²) in [5.74, 6) is 0.950. The van der Waals surface area contributed by atoms with E-state index >= 15 is 0 Å². The van der Waals surface area contributed by atoms with Crippen LogP contribution in [0.5, 0.6) is 0 Å². The Balaban J connectivity index is 1.48. The Hall–Kier alpha value is -1.73. The Kier molecular flexibility index (Phi) is 3.69. The van der Waals surface area contributed by atoms with Crippen molar-refractivity contribution in [3.63, 3.8) is 0 Å². The molecule has 2 fully saturated rings. The summed E-state index contributed by atoms with van der Waals surface area (Å²) in [6.45, 7) is 11.3. The van der Waals surface area contributed by atoms with Crippen LogP contribution in [0.25, 0.3) is 5.65 Å². The monoisotopic (exact) mass is 315 g/mol. The standard InChI is InChI=1S/C16H25N7/c1-13-9-21(11-16(2)3-4-17-10-16)7-8-23(13)14-15-20-19-12-22(15)6-5-18-14/h5-6,12-13,17H,3-4,7-11H2,1-2H3. The number of hydrogen-bond acceptors (Lipinski definition) is 6. The van der Waals surface area contributed by atoms with Crippen LogP contribution in [0.4, 0.5) is 5.82 Å². The lowest BCUT2D eigenvalue weighted by Crippen LogP contribution is -2.54. The molecule has 0 bridgehead atoms. The van der Waals surface area contributed by atoms with Crippen LogP contribution in [0.1, 0.15) is 20.3 Å². The molecule has 2 aromatic rings. The predicted molar refractivity (Wildman–Crippen MR) is 89.6 cm³/mol. The van der Waals surface area contributed by atoms with Gasteiger partial charge >= 0.3 is 0 Å². The van der Waals surface area contributed by atoms with Crippen molar-refractivity contribution in [3.8, 4) is 0 Å². The minimum Gasteiger partial charge on any atom is -0.348 e. The highest BCUT2D eigenvalue weighted by Gasteiger charge is 2.34. The Morgan fingerprint density at radius 2 is 2.30 bits per heavy atom. The molecular weight excluding hydrogens is 290 g/mol. The summed E-state index contributed by atoms with van der Waals surface area (Å²) in [4.78, 5) is 9.55. The van der Waals surface area contributed by atoms with Crippen LogP contribution in [0.15, 0.2) is 18.7 Å². The second-order valence-electron chi connectivity index (χ2n) is 7.33. The van der Waals surface area contributed by atoms with Crippen LogP contribution in [-0.2, 0) is 0 Å². The van der Waals surface area contributed by atoms with Crippen molar-refractivity contribution < 1.29 is 0 Å². The first-order valence-electron chi connectivity index (χ1n) is 8.49. The topological polar surface area (TPSA) is 61.6 Å². The smallest absolute Gasteiger partial charge is 0.203 e. The summed E-state index contributed by atoms with van der Waals surface area (Å²) < 4.78 is 1.94. The van der Waals surface area contributed by atoms with E-state index in [0.717, 1.165) is 44.2 Å². The first-order valence-corrected chi connectivity index (χ1v) is 8.49. The van der Waals surface area contributed by atoms with E-state index in [4.69, 9.17) is 0 Å². The molecule has 7 nitrogen and oxygen atoms in total. The van der Waals surface area contributed by atoms with Crippen molar-refractivity contribution in [2.45, 2.75) is 26.3 Å². The SMILES string of the molecule is CC1CN(CC2(C)CCNC2)CCN1c1nccn2cnnc12. The third kappa shape index (κ3) is 2.79. The van der Waals surface area contributed by atoms with Crippen LogP contribution < -0.4 is 10.2 Å². The molecule has 2 atom stereocenters. The summed E-state index contributed by atoms with van der Waals surface area (Å²) in [5, 5.41) is 11.7. The summed E-state index contributed by atoms with van der Waals surface area (Å²) >= 11 is 0. The van der Waals surface area contributed by atoms with E-state index in [0.29, 0.717) is 11.5 Å². The highest BCUT2D eigenvalue weighted by Crippen LogP contribution is 2.28. The number of fused-ring (bicyclic) bond motifs is 1. The summed E-state index contributed by atoms with van der Waals surface area (Å²) in [6.07, 6.45) is 6.74. The van der Waals surface area contributed by atoms with Gasteiger partial charge in [0.25, 0.3) is 0 Å². The molecule has 0 saturated carbocycles. The van der Waals surface area contributed by atoms with Gasteiger partial charge in [-0.2, -0.15) is 0 Å². The van der Waals surface area contributed by atoms with Gasteiger partial charge in [0.05, 0.1) is 0 Å². The average molecular weight is 315 g/mol. The number of aromatic nitrogens is 4. The number of piperazine rings is 1. The normalized spacial score (nSPS) is 29.5. The van der Waals surface area contributed by atoms with Gasteiger partial charge in [0.1, 0.15) is 6.33 Å². The second kappa shape index (κ2) is 5.72. The minimum absolute atomic E-state index is 0.424. The van der Waals surface area contributed by atoms with Crippen molar-refractivity contribution in [1.82, 2.24) is 29.8 Å². The van der Waals surface area contributed by atoms with Crippen LogP contribution >= 0.6 is 0 Å². The molecule has 2 aliphatic heterocycles. The summed E-state index contributed by atoms with van der Waals surface area (Å²) in [6, 6.07) is 0.428. The number of anilines is 1. The molecule has 2 saturated heterocycles. The number of nitrogens with zero attached hydrogens (tertiary/aromatic N) is 6. The quantitative estimate of drug-likeness (QED) is 0.897. The molecule has 0 spiro atoms. The van der Waals surface area contributed by atoms with Crippen molar-refractivity contribution >= 4 is 11.5 Å². The zero-order valence-corrected chi connectivity index (χ0v) is 13.9. The lowest BCUT2D eigenvalue weighted by molar-refractivity contribution is 0.154. The first-order chi connectivity index (χ1) is 11.1. The van der Waals surface area contributed by atoms with E-state index in [2.05, 4.69) is 44.1 Å². The maximum absolute atomic E-state index is 4.57. The molecule has 0 aliphatic carbocycles. The lowest BCUT2D eigenvalue weighted by Gasteiger charge is -2.43. The number of nitrogens with one attached hydrogen (secondary N) is 1. The third-order valence-electron chi connectivity index (χ3n) is 5.24. The molecule has 23 heavy (non-hydrogen) atoms. The summed E-state index contributed by atoms with van der Waals surface area (Å²) in [5.41, 5.74) is 1.27. The van der Waals surface area contributed by atoms with Crippen LogP contribution in [0, 0.1) is 5.41 Å². The summed E-state index contributed by atoms with van der Waals surface area (Å²) in [7, 11) is 0. The van der Waals surface area contributed by atoms with Crippen molar-refractivity contribution in [1.29, 1.82) is 0 Å². The van der Waals surface area contributed by atoms with Gasteiger partial charge in [-0.05, 0) is 25.3 Å². The minimum atomic E-state index is 0.424. The zero-order valence-electron chi connectivity index (χ0n) is 13.9. The van der Waals surface area contributed by atoms with Crippen molar-refractivity contribution in [3.05, 3.63) is 18.7 Å². The van der Waals surface area contributed by atoms with E-state index in [-0.39, 0.29) is 0 Å². The third-order valence-corrected chi connectivity index (χ3v) is 5.24. The fourth-order valence-electron chi connectivity index (χ4n) is 3.98. The number of rotatable bonds is 3. The van der Waals surface area contributed by atoms with Gasteiger partial charge < -0.3 is 10.2 Å². The van der Waals surface area contributed by atoms with Crippen LogP contribution in [0.3, 0.4) is 0 Å². The maximum Gasteiger partial charge on any atom is 0.203 e. The molecule has 2 aromatic heterocycles. The average Bonchev–Trinajstić information content (AvgIpc) is 3.16. The fourth-order valence-corrected chi connectivity index (χ4v) is 3.98. The fraction of sp³-hybridized carbons (Fsp3) is 0.688.